The second kappa shape index (κ2) is 6.04. The zero-order valence-electron chi connectivity index (χ0n) is 11.8. The molecule has 0 bridgehead atoms. The van der Waals surface area contributed by atoms with Gasteiger partial charge in [-0.1, -0.05) is 6.07 Å². The molecule has 0 saturated carbocycles. The third-order valence-electron chi connectivity index (χ3n) is 3.14. The molecule has 6 heteroatoms. The first-order valence-corrected chi connectivity index (χ1v) is 7.76. The van der Waals surface area contributed by atoms with E-state index < -0.39 is 10.0 Å². The Hall–Kier alpha value is -2.23. The predicted octanol–water partition coefficient (Wildman–Crippen LogP) is 2.08. The number of nitriles is 1. The van der Waals surface area contributed by atoms with Gasteiger partial charge < -0.3 is 0 Å². The first-order chi connectivity index (χ1) is 9.95. The summed E-state index contributed by atoms with van der Waals surface area (Å²) in [7, 11) is -2.09. The maximum Gasteiger partial charge on any atom is 0.243 e. The van der Waals surface area contributed by atoms with E-state index in [0.717, 1.165) is 0 Å². The molecule has 0 aliphatic heterocycles. The highest BCUT2D eigenvalue weighted by molar-refractivity contribution is 7.89. The average molecular weight is 301 g/mol. The fourth-order valence-corrected chi connectivity index (χ4v) is 3.13. The van der Waals surface area contributed by atoms with Crippen LogP contribution in [-0.2, 0) is 16.6 Å². The van der Waals surface area contributed by atoms with Gasteiger partial charge in [0.15, 0.2) is 0 Å². The summed E-state index contributed by atoms with van der Waals surface area (Å²) < 4.78 is 26.3. The molecule has 5 nitrogen and oxygen atoms in total. The summed E-state index contributed by atoms with van der Waals surface area (Å²) in [6.07, 6.45) is 1.63. The van der Waals surface area contributed by atoms with E-state index in [4.69, 9.17) is 5.26 Å². The van der Waals surface area contributed by atoms with Gasteiger partial charge in [-0.15, -0.1) is 0 Å². The molecule has 108 valence electrons. The molecule has 0 aliphatic carbocycles. The van der Waals surface area contributed by atoms with E-state index in [0.29, 0.717) is 16.8 Å². The van der Waals surface area contributed by atoms with Crippen molar-refractivity contribution in [2.75, 3.05) is 7.05 Å². The van der Waals surface area contributed by atoms with Crippen LogP contribution in [0.5, 0.6) is 0 Å². The molecular weight excluding hydrogens is 286 g/mol. The van der Waals surface area contributed by atoms with Crippen molar-refractivity contribution in [1.29, 1.82) is 5.26 Å². The van der Waals surface area contributed by atoms with Crippen molar-refractivity contribution in [2.45, 2.75) is 18.4 Å². The molecule has 0 fully saturated rings. The van der Waals surface area contributed by atoms with Gasteiger partial charge in [-0.25, -0.2) is 8.42 Å². The Morgan fingerprint density at radius 1 is 1.29 bits per heavy atom. The molecule has 1 aromatic carbocycles. The predicted molar refractivity (Wildman–Crippen MR) is 78.8 cm³/mol. The van der Waals surface area contributed by atoms with Crippen LogP contribution in [0, 0.1) is 18.3 Å². The van der Waals surface area contributed by atoms with Gasteiger partial charge in [0.25, 0.3) is 0 Å². The van der Waals surface area contributed by atoms with Crippen molar-refractivity contribution >= 4 is 10.0 Å². The quantitative estimate of drug-likeness (QED) is 0.866. The van der Waals surface area contributed by atoms with Crippen LogP contribution in [0.3, 0.4) is 0 Å². The number of aryl methyl sites for hydroxylation is 1. The van der Waals surface area contributed by atoms with Gasteiger partial charge in [-0.3, -0.25) is 4.98 Å². The van der Waals surface area contributed by atoms with E-state index in [1.807, 2.05) is 12.1 Å². The molecule has 21 heavy (non-hydrogen) atoms. The Labute approximate surface area is 124 Å². The minimum absolute atomic E-state index is 0.178. The summed E-state index contributed by atoms with van der Waals surface area (Å²) >= 11 is 0. The standard InChI is InChI=1S/C15H15N3O2S/c1-12-9-15(7-6-13(12)10-16)21(19,20)18(2)11-14-5-3-4-8-17-14/h3-9H,11H2,1-2H3. The molecule has 0 radical (unpaired) electrons. The van der Waals surface area contributed by atoms with Crippen molar-refractivity contribution in [3.05, 3.63) is 59.4 Å². The zero-order chi connectivity index (χ0) is 15.5. The molecule has 0 aliphatic rings. The smallest absolute Gasteiger partial charge is 0.243 e. The second-order valence-electron chi connectivity index (χ2n) is 4.67. The molecule has 2 aromatic rings. The largest absolute Gasteiger partial charge is 0.260 e. The lowest BCUT2D eigenvalue weighted by molar-refractivity contribution is 0.462. The average Bonchev–Trinajstić information content (AvgIpc) is 2.48. The molecule has 0 amide bonds. The molecule has 1 aromatic heterocycles. The van der Waals surface area contributed by atoms with E-state index in [-0.39, 0.29) is 11.4 Å². The van der Waals surface area contributed by atoms with Crippen LogP contribution in [0.15, 0.2) is 47.5 Å². The van der Waals surface area contributed by atoms with E-state index in [9.17, 15) is 8.42 Å². The summed E-state index contributed by atoms with van der Waals surface area (Å²) in [5.74, 6) is 0. The number of sulfonamides is 1. The summed E-state index contributed by atoms with van der Waals surface area (Å²) in [6, 6.07) is 11.9. The van der Waals surface area contributed by atoms with Gasteiger partial charge in [0.05, 0.1) is 28.8 Å². The number of hydrogen-bond acceptors (Lipinski definition) is 4. The fraction of sp³-hybridized carbons (Fsp3) is 0.200. The van der Waals surface area contributed by atoms with Gasteiger partial charge in [0.2, 0.25) is 10.0 Å². The van der Waals surface area contributed by atoms with Crippen LogP contribution >= 0.6 is 0 Å². The van der Waals surface area contributed by atoms with Gasteiger partial charge in [0, 0.05) is 13.2 Å². The minimum Gasteiger partial charge on any atom is -0.260 e. The van der Waals surface area contributed by atoms with Crippen molar-refractivity contribution in [2.24, 2.45) is 0 Å². The Balaban J connectivity index is 2.29. The van der Waals surface area contributed by atoms with E-state index in [1.54, 1.807) is 25.3 Å². The number of pyridine rings is 1. The Bertz CT molecular complexity index is 780. The lowest BCUT2D eigenvalue weighted by atomic mass is 10.1. The molecule has 0 unspecified atom stereocenters. The molecule has 0 atom stereocenters. The topological polar surface area (TPSA) is 74.1 Å². The minimum atomic E-state index is -3.60. The van der Waals surface area contributed by atoms with E-state index in [1.165, 1.54) is 29.6 Å². The van der Waals surface area contributed by atoms with Gasteiger partial charge in [-0.2, -0.15) is 9.57 Å². The van der Waals surface area contributed by atoms with Gasteiger partial charge >= 0.3 is 0 Å². The van der Waals surface area contributed by atoms with Crippen LogP contribution < -0.4 is 0 Å². The number of nitrogens with zero attached hydrogens (tertiary/aromatic N) is 3. The van der Waals surface area contributed by atoms with Crippen molar-refractivity contribution in [1.82, 2.24) is 9.29 Å². The third kappa shape index (κ3) is 3.27. The van der Waals surface area contributed by atoms with Crippen molar-refractivity contribution < 1.29 is 8.42 Å². The molecule has 0 N–H and O–H groups in total. The molecule has 2 rings (SSSR count). The maximum atomic E-state index is 12.5. The van der Waals surface area contributed by atoms with Crippen molar-refractivity contribution in [3.63, 3.8) is 0 Å². The number of rotatable bonds is 4. The van der Waals surface area contributed by atoms with Crippen LogP contribution in [0.4, 0.5) is 0 Å². The third-order valence-corrected chi connectivity index (χ3v) is 4.94. The summed E-state index contributed by atoms with van der Waals surface area (Å²) in [5, 5.41) is 8.90. The van der Waals surface area contributed by atoms with Crippen LogP contribution in [-0.4, -0.2) is 24.8 Å². The highest BCUT2D eigenvalue weighted by Gasteiger charge is 2.21. The first-order valence-electron chi connectivity index (χ1n) is 6.32. The van der Waals surface area contributed by atoms with Crippen LogP contribution in [0.25, 0.3) is 0 Å². The van der Waals surface area contributed by atoms with Crippen molar-refractivity contribution in [3.8, 4) is 6.07 Å². The lowest BCUT2D eigenvalue weighted by Crippen LogP contribution is -2.27. The van der Waals surface area contributed by atoms with Crippen LogP contribution in [0.1, 0.15) is 16.8 Å². The van der Waals surface area contributed by atoms with Gasteiger partial charge in [-0.05, 0) is 42.8 Å². The normalized spacial score (nSPS) is 11.3. The Kier molecular flexibility index (Phi) is 4.36. The number of aromatic nitrogens is 1. The summed E-state index contributed by atoms with van der Waals surface area (Å²) in [4.78, 5) is 4.30. The highest BCUT2D eigenvalue weighted by Crippen LogP contribution is 2.19. The maximum absolute atomic E-state index is 12.5. The number of benzene rings is 1. The summed E-state index contributed by atoms with van der Waals surface area (Å²) in [5.41, 5.74) is 1.79. The first kappa shape index (κ1) is 15.2. The second-order valence-corrected chi connectivity index (χ2v) is 6.72. The lowest BCUT2D eigenvalue weighted by Gasteiger charge is -2.17. The highest BCUT2D eigenvalue weighted by atomic mass is 32.2. The molecule has 1 heterocycles. The SMILES string of the molecule is Cc1cc(S(=O)(=O)N(C)Cc2ccccn2)ccc1C#N. The van der Waals surface area contributed by atoms with Gasteiger partial charge in [0.1, 0.15) is 0 Å². The molecular formula is C15H15N3O2S. The zero-order valence-corrected chi connectivity index (χ0v) is 12.6. The van der Waals surface area contributed by atoms with E-state index in [2.05, 4.69) is 4.98 Å². The Morgan fingerprint density at radius 3 is 2.62 bits per heavy atom. The number of hydrogen-bond donors (Lipinski definition) is 0. The molecule has 0 saturated heterocycles. The van der Waals surface area contributed by atoms with E-state index >= 15 is 0 Å². The Morgan fingerprint density at radius 2 is 2.05 bits per heavy atom. The van der Waals surface area contributed by atoms with Crippen LogP contribution in [0.2, 0.25) is 0 Å². The molecule has 0 spiro atoms. The monoisotopic (exact) mass is 301 g/mol. The fourth-order valence-electron chi connectivity index (χ4n) is 1.91. The summed E-state index contributed by atoms with van der Waals surface area (Å²) in [6.45, 7) is 1.92.